The van der Waals surface area contributed by atoms with Crippen LogP contribution in [0.3, 0.4) is 0 Å². The Balaban J connectivity index is 1.32. The third kappa shape index (κ3) is 6.14. The van der Waals surface area contributed by atoms with E-state index in [0.717, 1.165) is 58.0 Å². The number of hydrogen-bond donors (Lipinski definition) is 2. The highest BCUT2D eigenvalue weighted by Crippen LogP contribution is 2.28. The summed E-state index contributed by atoms with van der Waals surface area (Å²) in [7, 11) is 0. The summed E-state index contributed by atoms with van der Waals surface area (Å²) in [4.78, 5) is 2.51. The third-order valence-corrected chi connectivity index (χ3v) is 3.93. The van der Waals surface area contributed by atoms with Gasteiger partial charge in [-0.15, -0.1) is 0 Å². The van der Waals surface area contributed by atoms with Crippen LogP contribution in [-0.4, -0.2) is 56.9 Å². The molecule has 0 amide bonds. The molecule has 1 aliphatic heterocycles. The van der Waals surface area contributed by atoms with E-state index in [-0.39, 0.29) is 0 Å². The lowest BCUT2D eigenvalue weighted by atomic mass is 10.1. The number of nitrogens with one attached hydrogen (secondary N) is 1. The van der Waals surface area contributed by atoms with Crippen molar-refractivity contribution >= 4 is 0 Å². The van der Waals surface area contributed by atoms with Crippen LogP contribution in [0.15, 0.2) is 0 Å². The molecule has 18 heavy (non-hydrogen) atoms. The highest BCUT2D eigenvalue weighted by atomic mass is 16.5. The minimum Gasteiger partial charge on any atom is -0.381 e. The van der Waals surface area contributed by atoms with Crippen molar-refractivity contribution < 1.29 is 4.74 Å². The molecule has 0 spiro atoms. The van der Waals surface area contributed by atoms with E-state index in [4.69, 9.17) is 10.5 Å². The van der Waals surface area contributed by atoms with Crippen LogP contribution in [-0.2, 0) is 4.74 Å². The second kappa shape index (κ2) is 8.10. The maximum absolute atomic E-state index is 5.89. The number of hydrogen-bond acceptors (Lipinski definition) is 4. The molecule has 0 aromatic rings. The number of rotatable bonds is 9. The smallest absolute Gasteiger partial charge is 0.0494 e. The van der Waals surface area contributed by atoms with Crippen molar-refractivity contribution in [2.75, 3.05) is 45.9 Å². The molecule has 2 rings (SSSR count). The van der Waals surface area contributed by atoms with Crippen molar-refractivity contribution in [3.05, 3.63) is 0 Å². The average molecular weight is 255 g/mol. The zero-order valence-corrected chi connectivity index (χ0v) is 11.6. The van der Waals surface area contributed by atoms with E-state index >= 15 is 0 Å². The van der Waals surface area contributed by atoms with Gasteiger partial charge in [0.2, 0.25) is 0 Å². The predicted molar refractivity (Wildman–Crippen MR) is 74.7 cm³/mol. The van der Waals surface area contributed by atoms with Gasteiger partial charge in [0, 0.05) is 32.3 Å². The summed E-state index contributed by atoms with van der Waals surface area (Å²) in [6.45, 7) is 7.60. The molecule has 3 N–H and O–H groups in total. The first kappa shape index (κ1) is 14.3. The third-order valence-electron chi connectivity index (χ3n) is 3.93. The molecule has 1 heterocycles. The molecular formula is C14H29N3O. The molecule has 1 saturated carbocycles. The summed E-state index contributed by atoms with van der Waals surface area (Å²) in [6.07, 6.45) is 6.23. The van der Waals surface area contributed by atoms with Crippen molar-refractivity contribution in [2.45, 2.75) is 38.1 Å². The number of likely N-dealkylation sites (tertiary alicyclic amines) is 1. The van der Waals surface area contributed by atoms with Crippen molar-refractivity contribution in [3.63, 3.8) is 0 Å². The average Bonchev–Trinajstić information content (AvgIpc) is 3.19. The number of ether oxygens (including phenoxy) is 1. The normalized spacial score (nSPS) is 22.5. The molecule has 106 valence electrons. The van der Waals surface area contributed by atoms with Crippen LogP contribution in [0.4, 0.5) is 0 Å². The molecule has 2 aliphatic rings. The van der Waals surface area contributed by atoms with Crippen molar-refractivity contribution in [3.8, 4) is 0 Å². The quantitative estimate of drug-likeness (QED) is 0.599. The van der Waals surface area contributed by atoms with Crippen LogP contribution in [0.1, 0.15) is 32.1 Å². The van der Waals surface area contributed by atoms with E-state index in [2.05, 4.69) is 10.2 Å². The van der Waals surface area contributed by atoms with Crippen LogP contribution in [0.5, 0.6) is 0 Å². The Kier molecular flexibility index (Phi) is 6.41. The molecule has 0 aromatic carbocycles. The number of piperidine rings is 1. The molecule has 4 heteroatoms. The molecule has 0 unspecified atom stereocenters. The predicted octanol–water partition coefficient (Wildman–Crippen LogP) is 0.816. The summed E-state index contributed by atoms with van der Waals surface area (Å²) in [5.41, 5.74) is 5.89. The SMILES string of the molecule is NC1CCN(CCNCCCOCC2CC2)CC1. The molecule has 1 aliphatic carbocycles. The van der Waals surface area contributed by atoms with E-state index in [1.54, 1.807) is 0 Å². The Morgan fingerprint density at radius 3 is 2.61 bits per heavy atom. The molecule has 4 nitrogen and oxygen atoms in total. The number of nitrogens with two attached hydrogens (primary N) is 1. The zero-order valence-electron chi connectivity index (χ0n) is 11.6. The standard InChI is InChI=1S/C14H29N3O/c15-14-4-8-17(9-5-14)10-7-16-6-1-11-18-12-13-2-3-13/h13-14,16H,1-12,15H2. The second-order valence-corrected chi connectivity index (χ2v) is 5.80. The molecular weight excluding hydrogens is 226 g/mol. The van der Waals surface area contributed by atoms with Crippen LogP contribution in [0.25, 0.3) is 0 Å². The largest absolute Gasteiger partial charge is 0.381 e. The van der Waals surface area contributed by atoms with E-state index < -0.39 is 0 Å². The highest BCUT2D eigenvalue weighted by molar-refractivity contribution is 4.74. The fourth-order valence-corrected chi connectivity index (χ4v) is 2.37. The van der Waals surface area contributed by atoms with Gasteiger partial charge in [0.1, 0.15) is 0 Å². The lowest BCUT2D eigenvalue weighted by Crippen LogP contribution is -2.42. The van der Waals surface area contributed by atoms with Gasteiger partial charge >= 0.3 is 0 Å². The summed E-state index contributed by atoms with van der Waals surface area (Å²) >= 11 is 0. The van der Waals surface area contributed by atoms with E-state index in [1.807, 2.05) is 0 Å². The molecule has 2 fully saturated rings. The topological polar surface area (TPSA) is 50.5 Å². The Hall–Kier alpha value is -0.160. The van der Waals surface area contributed by atoms with Gasteiger partial charge in [-0.2, -0.15) is 0 Å². The van der Waals surface area contributed by atoms with Crippen LogP contribution in [0, 0.1) is 5.92 Å². The molecule has 0 bridgehead atoms. The molecule has 1 saturated heterocycles. The lowest BCUT2D eigenvalue weighted by molar-refractivity contribution is 0.121. The number of nitrogens with zero attached hydrogens (tertiary/aromatic N) is 1. The van der Waals surface area contributed by atoms with Crippen LogP contribution >= 0.6 is 0 Å². The highest BCUT2D eigenvalue weighted by Gasteiger charge is 2.20. The van der Waals surface area contributed by atoms with Gasteiger partial charge < -0.3 is 20.7 Å². The maximum Gasteiger partial charge on any atom is 0.0494 e. The van der Waals surface area contributed by atoms with Crippen molar-refractivity contribution in [1.82, 2.24) is 10.2 Å². The van der Waals surface area contributed by atoms with Gasteiger partial charge in [-0.3, -0.25) is 0 Å². The van der Waals surface area contributed by atoms with E-state index in [1.165, 1.54) is 25.9 Å². The van der Waals surface area contributed by atoms with Crippen molar-refractivity contribution in [1.29, 1.82) is 0 Å². The maximum atomic E-state index is 5.89. The van der Waals surface area contributed by atoms with Crippen molar-refractivity contribution in [2.24, 2.45) is 11.7 Å². The van der Waals surface area contributed by atoms with E-state index in [9.17, 15) is 0 Å². The fraction of sp³-hybridized carbons (Fsp3) is 1.00. The van der Waals surface area contributed by atoms with Crippen LogP contribution < -0.4 is 11.1 Å². The Morgan fingerprint density at radius 1 is 1.11 bits per heavy atom. The summed E-state index contributed by atoms with van der Waals surface area (Å²) < 4.78 is 5.60. The minimum atomic E-state index is 0.442. The van der Waals surface area contributed by atoms with Gasteiger partial charge in [-0.25, -0.2) is 0 Å². The first-order chi connectivity index (χ1) is 8.84. The van der Waals surface area contributed by atoms with Gasteiger partial charge in [0.15, 0.2) is 0 Å². The lowest BCUT2D eigenvalue weighted by Gasteiger charge is -2.29. The molecule has 0 atom stereocenters. The van der Waals surface area contributed by atoms with E-state index in [0.29, 0.717) is 6.04 Å². The summed E-state index contributed by atoms with van der Waals surface area (Å²) in [6, 6.07) is 0.442. The Labute approximate surface area is 111 Å². The summed E-state index contributed by atoms with van der Waals surface area (Å²) in [5.74, 6) is 0.892. The van der Waals surface area contributed by atoms with Crippen LogP contribution in [0.2, 0.25) is 0 Å². The minimum absolute atomic E-state index is 0.442. The Bertz CT molecular complexity index is 213. The second-order valence-electron chi connectivity index (χ2n) is 5.80. The van der Waals surface area contributed by atoms with Gasteiger partial charge in [0.25, 0.3) is 0 Å². The first-order valence-electron chi connectivity index (χ1n) is 7.61. The Morgan fingerprint density at radius 2 is 1.89 bits per heavy atom. The molecule has 0 aromatic heterocycles. The molecule has 0 radical (unpaired) electrons. The zero-order chi connectivity index (χ0) is 12.6. The monoisotopic (exact) mass is 255 g/mol. The summed E-state index contributed by atoms with van der Waals surface area (Å²) in [5, 5.41) is 3.49. The van der Waals surface area contributed by atoms with Gasteiger partial charge in [0.05, 0.1) is 0 Å². The van der Waals surface area contributed by atoms with Gasteiger partial charge in [-0.1, -0.05) is 0 Å². The fourth-order valence-electron chi connectivity index (χ4n) is 2.37. The first-order valence-corrected chi connectivity index (χ1v) is 7.61. The van der Waals surface area contributed by atoms with Gasteiger partial charge in [-0.05, 0) is 57.7 Å².